The Morgan fingerprint density at radius 1 is 1.17 bits per heavy atom. The molecular formula is C23H31N5O. The molecule has 29 heavy (non-hydrogen) atoms. The Balaban J connectivity index is 1.82. The topological polar surface area (TPSA) is 63.1 Å². The highest BCUT2D eigenvalue weighted by Crippen LogP contribution is 2.21. The van der Waals surface area contributed by atoms with Crippen molar-refractivity contribution in [2.75, 3.05) is 19.6 Å². The van der Waals surface area contributed by atoms with Crippen LogP contribution >= 0.6 is 0 Å². The van der Waals surface area contributed by atoms with Crippen LogP contribution in [0.2, 0.25) is 0 Å². The fourth-order valence-corrected chi connectivity index (χ4v) is 3.76. The number of nitrogens with one attached hydrogen (secondary N) is 1. The van der Waals surface area contributed by atoms with Gasteiger partial charge in [0.05, 0.1) is 23.5 Å². The quantitative estimate of drug-likeness (QED) is 0.625. The fourth-order valence-electron chi connectivity index (χ4n) is 3.76. The zero-order valence-corrected chi connectivity index (χ0v) is 18.0. The SMILES string of the molecule is CCN(CC)C(CNC(=O)c1cc2cnn(C(C)C)c2nc1C)c1ccccc1. The molecule has 0 aliphatic carbocycles. The lowest BCUT2D eigenvalue weighted by Crippen LogP contribution is -2.38. The molecule has 6 heteroatoms. The van der Waals surface area contributed by atoms with Crippen LogP contribution in [0.5, 0.6) is 0 Å². The Kier molecular flexibility index (Phi) is 6.64. The predicted molar refractivity (Wildman–Crippen MR) is 117 cm³/mol. The van der Waals surface area contributed by atoms with Gasteiger partial charge in [-0.1, -0.05) is 44.2 Å². The molecule has 1 unspecified atom stereocenters. The van der Waals surface area contributed by atoms with E-state index in [4.69, 9.17) is 0 Å². The third-order valence-electron chi connectivity index (χ3n) is 5.39. The van der Waals surface area contributed by atoms with Crippen LogP contribution in [-0.2, 0) is 0 Å². The molecule has 1 atom stereocenters. The van der Waals surface area contributed by atoms with Crippen molar-refractivity contribution in [2.45, 2.75) is 46.7 Å². The van der Waals surface area contributed by atoms with Gasteiger partial charge in [0.25, 0.3) is 5.91 Å². The van der Waals surface area contributed by atoms with Crippen molar-refractivity contribution in [1.82, 2.24) is 25.0 Å². The Morgan fingerprint density at radius 2 is 1.86 bits per heavy atom. The Morgan fingerprint density at radius 3 is 2.48 bits per heavy atom. The number of amides is 1. The number of nitrogens with zero attached hydrogens (tertiary/aromatic N) is 4. The van der Waals surface area contributed by atoms with E-state index in [0.29, 0.717) is 12.1 Å². The largest absolute Gasteiger partial charge is 0.350 e. The smallest absolute Gasteiger partial charge is 0.253 e. The van der Waals surface area contributed by atoms with Crippen molar-refractivity contribution >= 4 is 16.9 Å². The van der Waals surface area contributed by atoms with Crippen LogP contribution in [0.25, 0.3) is 11.0 Å². The minimum Gasteiger partial charge on any atom is -0.350 e. The summed E-state index contributed by atoms with van der Waals surface area (Å²) in [6.45, 7) is 12.7. The first-order valence-electron chi connectivity index (χ1n) is 10.4. The van der Waals surface area contributed by atoms with E-state index in [1.807, 2.05) is 35.9 Å². The molecule has 0 bridgehead atoms. The van der Waals surface area contributed by atoms with Gasteiger partial charge >= 0.3 is 0 Å². The molecule has 0 radical (unpaired) electrons. The number of likely N-dealkylation sites (N-methyl/N-ethyl adjacent to an activating group) is 1. The average molecular weight is 394 g/mol. The minimum atomic E-state index is -0.0951. The molecule has 3 rings (SSSR count). The first-order chi connectivity index (χ1) is 14.0. The molecule has 0 aliphatic rings. The van der Waals surface area contributed by atoms with Crippen molar-refractivity contribution < 1.29 is 4.79 Å². The molecule has 0 aliphatic heterocycles. The van der Waals surface area contributed by atoms with Crippen LogP contribution in [0.3, 0.4) is 0 Å². The van der Waals surface area contributed by atoms with Crippen molar-refractivity contribution in [3.8, 4) is 0 Å². The van der Waals surface area contributed by atoms with Gasteiger partial charge in [-0.3, -0.25) is 9.69 Å². The third-order valence-corrected chi connectivity index (χ3v) is 5.39. The number of rotatable bonds is 8. The molecule has 0 spiro atoms. The number of aryl methyl sites for hydroxylation is 1. The number of hydrogen-bond acceptors (Lipinski definition) is 4. The van der Waals surface area contributed by atoms with Crippen LogP contribution in [0.1, 0.15) is 61.4 Å². The lowest BCUT2D eigenvalue weighted by molar-refractivity contribution is 0.0934. The van der Waals surface area contributed by atoms with Gasteiger partial charge in [0.15, 0.2) is 5.65 Å². The first-order valence-corrected chi connectivity index (χ1v) is 10.4. The lowest BCUT2D eigenvalue weighted by atomic mass is 10.0. The highest BCUT2D eigenvalue weighted by molar-refractivity contribution is 5.98. The van der Waals surface area contributed by atoms with E-state index < -0.39 is 0 Å². The maximum absolute atomic E-state index is 13.0. The maximum atomic E-state index is 13.0. The van der Waals surface area contributed by atoms with Gasteiger partial charge in [0, 0.05) is 18.0 Å². The Hall–Kier alpha value is -2.73. The monoisotopic (exact) mass is 393 g/mol. The molecule has 1 N–H and O–H groups in total. The van der Waals surface area contributed by atoms with E-state index in [-0.39, 0.29) is 18.0 Å². The highest BCUT2D eigenvalue weighted by Gasteiger charge is 2.20. The van der Waals surface area contributed by atoms with Gasteiger partial charge < -0.3 is 5.32 Å². The number of carbonyl (C=O) groups excluding carboxylic acids is 1. The second-order valence-electron chi connectivity index (χ2n) is 7.57. The molecule has 0 saturated carbocycles. The van der Waals surface area contributed by atoms with Gasteiger partial charge in [-0.25, -0.2) is 9.67 Å². The number of carbonyl (C=O) groups is 1. The van der Waals surface area contributed by atoms with Crippen LogP contribution in [-0.4, -0.2) is 45.2 Å². The van der Waals surface area contributed by atoms with Gasteiger partial charge in [0.2, 0.25) is 0 Å². The van der Waals surface area contributed by atoms with Crippen molar-refractivity contribution in [1.29, 1.82) is 0 Å². The molecule has 6 nitrogen and oxygen atoms in total. The first kappa shape index (κ1) is 21.0. The lowest BCUT2D eigenvalue weighted by Gasteiger charge is -2.30. The summed E-state index contributed by atoms with van der Waals surface area (Å²) in [6, 6.07) is 12.6. The summed E-state index contributed by atoms with van der Waals surface area (Å²) in [4.78, 5) is 20.0. The summed E-state index contributed by atoms with van der Waals surface area (Å²) in [7, 11) is 0. The van der Waals surface area contributed by atoms with Crippen LogP contribution in [0, 0.1) is 6.92 Å². The summed E-state index contributed by atoms with van der Waals surface area (Å²) >= 11 is 0. The molecule has 0 saturated heterocycles. The summed E-state index contributed by atoms with van der Waals surface area (Å²) < 4.78 is 1.88. The van der Waals surface area contributed by atoms with E-state index in [2.05, 4.69) is 60.1 Å². The molecule has 3 aromatic rings. The molecule has 1 aromatic carbocycles. The van der Waals surface area contributed by atoms with E-state index in [1.165, 1.54) is 5.56 Å². The normalized spacial score (nSPS) is 12.7. The van der Waals surface area contributed by atoms with Gasteiger partial charge in [-0.05, 0) is 45.5 Å². The van der Waals surface area contributed by atoms with Gasteiger partial charge in [0.1, 0.15) is 0 Å². The van der Waals surface area contributed by atoms with Crippen LogP contribution in [0.15, 0.2) is 42.6 Å². The van der Waals surface area contributed by atoms with Crippen molar-refractivity contribution in [3.63, 3.8) is 0 Å². The van der Waals surface area contributed by atoms with E-state index in [0.717, 1.165) is 29.8 Å². The number of hydrogen-bond donors (Lipinski definition) is 1. The van der Waals surface area contributed by atoms with E-state index in [9.17, 15) is 4.79 Å². The fraction of sp³-hybridized carbons (Fsp3) is 0.435. The van der Waals surface area contributed by atoms with E-state index in [1.54, 1.807) is 6.20 Å². The molecular weight excluding hydrogens is 362 g/mol. The summed E-state index contributed by atoms with van der Waals surface area (Å²) in [6.07, 6.45) is 1.78. The van der Waals surface area contributed by atoms with Crippen LogP contribution in [0.4, 0.5) is 0 Å². The molecule has 0 fully saturated rings. The zero-order valence-electron chi connectivity index (χ0n) is 18.0. The summed E-state index contributed by atoms with van der Waals surface area (Å²) in [5.41, 5.74) is 3.35. The van der Waals surface area contributed by atoms with E-state index >= 15 is 0 Å². The summed E-state index contributed by atoms with van der Waals surface area (Å²) in [5, 5.41) is 8.43. The second kappa shape index (κ2) is 9.18. The Bertz CT molecular complexity index is 960. The Labute approximate surface area is 172 Å². The number of pyridine rings is 1. The highest BCUT2D eigenvalue weighted by atomic mass is 16.1. The average Bonchev–Trinajstić information content (AvgIpc) is 3.13. The molecule has 154 valence electrons. The molecule has 1 amide bonds. The van der Waals surface area contributed by atoms with Crippen LogP contribution < -0.4 is 5.32 Å². The maximum Gasteiger partial charge on any atom is 0.253 e. The number of benzene rings is 1. The number of aromatic nitrogens is 3. The third kappa shape index (κ3) is 4.48. The second-order valence-corrected chi connectivity index (χ2v) is 7.57. The van der Waals surface area contributed by atoms with Crippen molar-refractivity contribution in [2.24, 2.45) is 0 Å². The predicted octanol–water partition coefficient (Wildman–Crippen LogP) is 4.13. The molecule has 2 heterocycles. The zero-order chi connectivity index (χ0) is 21.0. The number of fused-ring (bicyclic) bond motifs is 1. The summed E-state index contributed by atoms with van der Waals surface area (Å²) in [5.74, 6) is -0.0951. The standard InChI is InChI=1S/C23H31N5O/c1-6-27(7-2)21(18-11-9-8-10-12-18)15-24-23(29)20-13-19-14-25-28(16(3)4)22(19)26-17(20)5/h8-14,16,21H,6-7,15H2,1-5H3,(H,24,29). The minimum absolute atomic E-state index is 0.0951. The van der Waals surface area contributed by atoms with Gasteiger partial charge in [-0.2, -0.15) is 5.10 Å². The van der Waals surface area contributed by atoms with Gasteiger partial charge in [-0.15, -0.1) is 0 Å². The molecule has 2 aromatic heterocycles. The van der Waals surface area contributed by atoms with Crippen molar-refractivity contribution in [3.05, 3.63) is 59.4 Å².